The number of phenolic OH excluding ortho intramolecular Hbond substituents is 2. The van der Waals surface area contributed by atoms with Crippen molar-refractivity contribution in [1.82, 2.24) is 0 Å². The first-order valence-corrected chi connectivity index (χ1v) is 6.01. The highest BCUT2D eigenvalue weighted by Gasteiger charge is 2.07. The molecule has 0 aromatic heterocycles. The number of amides is 1. The lowest BCUT2D eigenvalue weighted by Crippen LogP contribution is -2.12. The SMILES string of the molecule is O=C(CCc1ccccc1O)Nc1ccccc1O. The molecule has 0 fully saturated rings. The van der Waals surface area contributed by atoms with Crippen LogP contribution >= 0.6 is 0 Å². The molecular weight excluding hydrogens is 242 g/mol. The van der Waals surface area contributed by atoms with E-state index in [9.17, 15) is 15.0 Å². The standard InChI is InChI=1S/C15H15NO3/c17-13-7-3-1-5-11(13)9-10-15(19)16-12-6-2-4-8-14(12)18/h1-8,17-18H,9-10H2,(H,16,19). The maximum Gasteiger partial charge on any atom is 0.224 e. The number of hydrogen-bond acceptors (Lipinski definition) is 3. The van der Waals surface area contributed by atoms with E-state index in [-0.39, 0.29) is 23.8 Å². The summed E-state index contributed by atoms with van der Waals surface area (Å²) in [4.78, 5) is 11.7. The van der Waals surface area contributed by atoms with E-state index in [0.717, 1.165) is 5.56 Å². The lowest BCUT2D eigenvalue weighted by Gasteiger charge is -2.07. The number of para-hydroxylation sites is 3. The molecule has 0 aliphatic rings. The summed E-state index contributed by atoms with van der Waals surface area (Å²) in [6.07, 6.45) is 0.692. The summed E-state index contributed by atoms with van der Waals surface area (Å²) in [6.45, 7) is 0. The number of hydrogen-bond donors (Lipinski definition) is 3. The van der Waals surface area contributed by atoms with Crippen molar-refractivity contribution in [2.45, 2.75) is 12.8 Å². The number of carbonyl (C=O) groups is 1. The number of aryl methyl sites for hydroxylation is 1. The van der Waals surface area contributed by atoms with Crippen LogP contribution in [0, 0.1) is 0 Å². The average Bonchev–Trinajstić information content (AvgIpc) is 2.40. The van der Waals surface area contributed by atoms with Crippen molar-refractivity contribution in [2.75, 3.05) is 5.32 Å². The minimum atomic E-state index is -0.204. The van der Waals surface area contributed by atoms with Gasteiger partial charge >= 0.3 is 0 Å². The molecule has 2 aromatic rings. The van der Waals surface area contributed by atoms with Crippen LogP contribution in [-0.2, 0) is 11.2 Å². The number of anilines is 1. The molecule has 1 amide bonds. The van der Waals surface area contributed by atoms with E-state index in [1.54, 1.807) is 36.4 Å². The van der Waals surface area contributed by atoms with Gasteiger partial charge < -0.3 is 15.5 Å². The van der Waals surface area contributed by atoms with Crippen LogP contribution in [0.1, 0.15) is 12.0 Å². The first-order valence-electron chi connectivity index (χ1n) is 6.01. The molecule has 2 rings (SSSR count). The maximum absolute atomic E-state index is 11.7. The van der Waals surface area contributed by atoms with Crippen LogP contribution in [-0.4, -0.2) is 16.1 Å². The Kier molecular flexibility index (Phi) is 4.03. The molecule has 0 aliphatic carbocycles. The van der Waals surface area contributed by atoms with Crippen molar-refractivity contribution in [3.8, 4) is 11.5 Å². The lowest BCUT2D eigenvalue weighted by atomic mass is 10.1. The predicted molar refractivity (Wildman–Crippen MR) is 73.2 cm³/mol. The molecule has 3 N–H and O–H groups in total. The molecule has 19 heavy (non-hydrogen) atoms. The van der Waals surface area contributed by atoms with Crippen molar-refractivity contribution in [2.24, 2.45) is 0 Å². The topological polar surface area (TPSA) is 69.6 Å². The zero-order chi connectivity index (χ0) is 13.7. The van der Waals surface area contributed by atoms with Gasteiger partial charge in [0.2, 0.25) is 5.91 Å². The number of phenols is 2. The molecule has 0 atom stereocenters. The van der Waals surface area contributed by atoms with Gasteiger partial charge in [0.15, 0.2) is 0 Å². The Hall–Kier alpha value is -2.49. The van der Waals surface area contributed by atoms with E-state index in [0.29, 0.717) is 12.1 Å². The summed E-state index contributed by atoms with van der Waals surface area (Å²) < 4.78 is 0. The van der Waals surface area contributed by atoms with Gasteiger partial charge in [-0.3, -0.25) is 4.79 Å². The van der Waals surface area contributed by atoms with Crippen molar-refractivity contribution >= 4 is 11.6 Å². The van der Waals surface area contributed by atoms with Crippen molar-refractivity contribution in [3.05, 3.63) is 54.1 Å². The lowest BCUT2D eigenvalue weighted by molar-refractivity contribution is -0.116. The normalized spacial score (nSPS) is 10.1. The number of rotatable bonds is 4. The molecule has 0 aliphatic heterocycles. The minimum absolute atomic E-state index is 0.0402. The first kappa shape index (κ1) is 13.0. The Morgan fingerprint density at radius 1 is 0.947 bits per heavy atom. The molecule has 98 valence electrons. The van der Waals surface area contributed by atoms with Crippen LogP contribution in [0.2, 0.25) is 0 Å². The Morgan fingerprint density at radius 2 is 1.58 bits per heavy atom. The van der Waals surface area contributed by atoms with E-state index >= 15 is 0 Å². The Bertz CT molecular complexity index is 581. The van der Waals surface area contributed by atoms with Gasteiger partial charge in [0.05, 0.1) is 5.69 Å². The van der Waals surface area contributed by atoms with E-state index in [1.807, 2.05) is 6.07 Å². The summed E-state index contributed by atoms with van der Waals surface area (Å²) in [6, 6.07) is 13.5. The second-order valence-corrected chi connectivity index (χ2v) is 4.19. The van der Waals surface area contributed by atoms with Crippen LogP contribution < -0.4 is 5.32 Å². The third kappa shape index (κ3) is 3.48. The van der Waals surface area contributed by atoms with Gasteiger partial charge in [0.1, 0.15) is 11.5 Å². The van der Waals surface area contributed by atoms with Crippen molar-refractivity contribution in [1.29, 1.82) is 0 Å². The number of carbonyl (C=O) groups excluding carboxylic acids is 1. The summed E-state index contributed by atoms with van der Waals surface area (Å²) >= 11 is 0. The van der Waals surface area contributed by atoms with Crippen LogP contribution in [0.15, 0.2) is 48.5 Å². The zero-order valence-corrected chi connectivity index (χ0v) is 10.3. The van der Waals surface area contributed by atoms with Crippen LogP contribution in [0.25, 0.3) is 0 Å². The maximum atomic E-state index is 11.7. The zero-order valence-electron chi connectivity index (χ0n) is 10.3. The van der Waals surface area contributed by atoms with Crippen molar-refractivity contribution in [3.63, 3.8) is 0 Å². The van der Waals surface area contributed by atoms with E-state index < -0.39 is 0 Å². The van der Waals surface area contributed by atoms with Gasteiger partial charge in [-0.2, -0.15) is 0 Å². The van der Waals surface area contributed by atoms with E-state index in [1.165, 1.54) is 6.07 Å². The van der Waals surface area contributed by atoms with Gasteiger partial charge in [-0.1, -0.05) is 30.3 Å². The highest BCUT2D eigenvalue weighted by Crippen LogP contribution is 2.22. The summed E-state index contributed by atoms with van der Waals surface area (Å²) in [5.74, 6) is 0.0287. The second kappa shape index (κ2) is 5.91. The third-order valence-corrected chi connectivity index (χ3v) is 2.79. The predicted octanol–water partition coefficient (Wildman–Crippen LogP) is 2.67. The summed E-state index contributed by atoms with van der Waals surface area (Å²) in [7, 11) is 0. The molecule has 0 bridgehead atoms. The molecule has 0 saturated carbocycles. The van der Waals surface area contributed by atoms with Gasteiger partial charge in [-0.25, -0.2) is 0 Å². The Balaban J connectivity index is 1.92. The average molecular weight is 257 g/mol. The fourth-order valence-corrected chi connectivity index (χ4v) is 1.76. The van der Waals surface area contributed by atoms with Crippen LogP contribution in [0.4, 0.5) is 5.69 Å². The molecule has 0 heterocycles. The van der Waals surface area contributed by atoms with Crippen molar-refractivity contribution < 1.29 is 15.0 Å². The highest BCUT2D eigenvalue weighted by atomic mass is 16.3. The Morgan fingerprint density at radius 3 is 2.26 bits per heavy atom. The molecular formula is C15H15NO3. The second-order valence-electron chi connectivity index (χ2n) is 4.19. The largest absolute Gasteiger partial charge is 0.508 e. The number of aromatic hydroxyl groups is 2. The fourth-order valence-electron chi connectivity index (χ4n) is 1.76. The number of benzene rings is 2. The van der Waals surface area contributed by atoms with Crippen LogP contribution in [0.5, 0.6) is 11.5 Å². The highest BCUT2D eigenvalue weighted by molar-refractivity contribution is 5.92. The quantitative estimate of drug-likeness (QED) is 0.737. The van der Waals surface area contributed by atoms with E-state index in [4.69, 9.17) is 0 Å². The molecule has 0 radical (unpaired) electrons. The minimum Gasteiger partial charge on any atom is -0.508 e. The third-order valence-electron chi connectivity index (χ3n) is 2.79. The molecule has 4 heteroatoms. The van der Waals surface area contributed by atoms with Crippen LogP contribution in [0.3, 0.4) is 0 Å². The molecule has 0 unspecified atom stereocenters. The van der Waals surface area contributed by atoms with E-state index in [2.05, 4.69) is 5.32 Å². The molecule has 0 spiro atoms. The molecule has 2 aromatic carbocycles. The summed E-state index contributed by atoms with van der Waals surface area (Å²) in [5.41, 5.74) is 1.12. The Labute approximate surface area is 111 Å². The number of nitrogens with one attached hydrogen (secondary N) is 1. The van der Waals surface area contributed by atoms with Gasteiger partial charge in [0, 0.05) is 6.42 Å². The van der Waals surface area contributed by atoms with Gasteiger partial charge in [0.25, 0.3) is 0 Å². The smallest absolute Gasteiger partial charge is 0.224 e. The first-order chi connectivity index (χ1) is 9.16. The monoisotopic (exact) mass is 257 g/mol. The molecule has 4 nitrogen and oxygen atoms in total. The van der Waals surface area contributed by atoms with Gasteiger partial charge in [-0.05, 0) is 30.2 Å². The summed E-state index contributed by atoms with van der Waals surface area (Å²) in [5, 5.41) is 21.7. The molecule has 0 saturated heterocycles. The fraction of sp³-hybridized carbons (Fsp3) is 0.133. The van der Waals surface area contributed by atoms with Gasteiger partial charge in [-0.15, -0.1) is 0 Å².